The van der Waals surface area contributed by atoms with Crippen LogP contribution >= 0.6 is 0 Å². The Hall–Kier alpha value is -2.39. The van der Waals surface area contributed by atoms with Gasteiger partial charge in [0.1, 0.15) is 6.61 Å². The molecule has 0 aromatic heterocycles. The molecule has 2 aromatic rings. The summed E-state index contributed by atoms with van der Waals surface area (Å²) in [7, 11) is 0. The molecule has 0 saturated heterocycles. The molecule has 3 nitrogen and oxygen atoms in total. The minimum absolute atomic E-state index is 0.0518. The third-order valence-electron chi connectivity index (χ3n) is 7.04. The van der Waals surface area contributed by atoms with Gasteiger partial charge in [0.15, 0.2) is 0 Å². The summed E-state index contributed by atoms with van der Waals surface area (Å²) < 4.78 is 6.04. The molecule has 3 heteroatoms. The highest BCUT2D eigenvalue weighted by molar-refractivity contribution is 5.90. The maximum atomic E-state index is 13.4. The molecule has 0 unspecified atom stereocenters. The van der Waals surface area contributed by atoms with Crippen LogP contribution < -0.4 is 0 Å². The van der Waals surface area contributed by atoms with E-state index in [1.807, 2.05) is 12.1 Å². The number of carbonyl (C=O) groups excluding carboxylic acids is 1. The van der Waals surface area contributed by atoms with E-state index in [2.05, 4.69) is 60.4 Å². The molecule has 1 aliphatic carbocycles. The van der Waals surface area contributed by atoms with Crippen LogP contribution in [0.2, 0.25) is 0 Å². The molecule has 0 radical (unpaired) electrons. The zero-order valence-corrected chi connectivity index (χ0v) is 18.8. The fourth-order valence-corrected chi connectivity index (χ4v) is 5.20. The molecular formula is C28H35NO2. The van der Waals surface area contributed by atoms with Crippen molar-refractivity contribution in [1.29, 1.82) is 0 Å². The van der Waals surface area contributed by atoms with Crippen molar-refractivity contribution in [3.8, 4) is 0 Å². The fourth-order valence-electron chi connectivity index (χ4n) is 5.20. The molecule has 0 bridgehead atoms. The SMILES string of the molecule is CCN1CCC(C2CCCCC2)=C(C(=O)OCC(c2ccccc2)c2ccccc2)C1. The Morgan fingerprint density at radius 1 is 0.968 bits per heavy atom. The normalized spacial score (nSPS) is 18.4. The van der Waals surface area contributed by atoms with E-state index in [4.69, 9.17) is 4.74 Å². The number of hydrogen-bond acceptors (Lipinski definition) is 3. The van der Waals surface area contributed by atoms with Gasteiger partial charge in [0.25, 0.3) is 0 Å². The molecule has 2 aromatic carbocycles. The van der Waals surface area contributed by atoms with E-state index in [-0.39, 0.29) is 11.9 Å². The minimum Gasteiger partial charge on any atom is -0.461 e. The van der Waals surface area contributed by atoms with Gasteiger partial charge in [-0.2, -0.15) is 0 Å². The number of ether oxygens (including phenoxy) is 1. The van der Waals surface area contributed by atoms with Gasteiger partial charge in [-0.15, -0.1) is 0 Å². The van der Waals surface area contributed by atoms with Crippen molar-refractivity contribution in [1.82, 2.24) is 4.90 Å². The molecule has 1 aliphatic heterocycles. The van der Waals surface area contributed by atoms with E-state index >= 15 is 0 Å². The van der Waals surface area contributed by atoms with Gasteiger partial charge >= 0.3 is 5.97 Å². The summed E-state index contributed by atoms with van der Waals surface area (Å²) in [6, 6.07) is 20.8. The second-order valence-electron chi connectivity index (χ2n) is 8.93. The van der Waals surface area contributed by atoms with Crippen molar-refractivity contribution in [2.24, 2.45) is 5.92 Å². The van der Waals surface area contributed by atoms with Crippen molar-refractivity contribution < 1.29 is 9.53 Å². The van der Waals surface area contributed by atoms with E-state index in [1.165, 1.54) is 48.8 Å². The summed E-state index contributed by atoms with van der Waals surface area (Å²) >= 11 is 0. The lowest BCUT2D eigenvalue weighted by Gasteiger charge is -2.34. The van der Waals surface area contributed by atoms with Crippen molar-refractivity contribution >= 4 is 5.97 Å². The lowest BCUT2D eigenvalue weighted by molar-refractivity contribution is -0.139. The van der Waals surface area contributed by atoms with Gasteiger partial charge in [-0.25, -0.2) is 4.79 Å². The van der Waals surface area contributed by atoms with Crippen LogP contribution in [-0.4, -0.2) is 37.1 Å². The van der Waals surface area contributed by atoms with Crippen LogP contribution in [0.1, 0.15) is 62.5 Å². The van der Waals surface area contributed by atoms with Crippen LogP contribution in [0.25, 0.3) is 0 Å². The summed E-state index contributed by atoms with van der Waals surface area (Å²) in [5, 5.41) is 0. The summed E-state index contributed by atoms with van der Waals surface area (Å²) in [6.45, 7) is 5.33. The van der Waals surface area contributed by atoms with Crippen molar-refractivity contribution in [3.63, 3.8) is 0 Å². The molecule has 4 rings (SSSR count). The monoisotopic (exact) mass is 417 g/mol. The molecule has 31 heavy (non-hydrogen) atoms. The number of carbonyl (C=O) groups is 1. The standard InChI is InChI=1S/C28H35NO2/c1-2-29-19-18-25(22-12-6-3-7-13-22)26(20-29)28(30)31-21-27(23-14-8-4-9-15-23)24-16-10-5-11-17-24/h4-5,8-11,14-17,22,27H,2-3,6-7,12-13,18-21H2,1H3. The van der Waals surface area contributed by atoms with Gasteiger partial charge in [-0.3, -0.25) is 4.90 Å². The van der Waals surface area contributed by atoms with E-state index in [1.54, 1.807) is 0 Å². The van der Waals surface area contributed by atoms with Crippen molar-refractivity contribution in [2.75, 3.05) is 26.2 Å². The first kappa shape index (κ1) is 21.8. The fraction of sp³-hybridized carbons (Fsp3) is 0.464. The lowest BCUT2D eigenvalue weighted by atomic mass is 9.79. The highest BCUT2D eigenvalue weighted by atomic mass is 16.5. The number of esters is 1. The molecular weight excluding hydrogens is 382 g/mol. The molecule has 2 aliphatic rings. The second kappa shape index (κ2) is 10.8. The van der Waals surface area contributed by atoms with E-state index in [9.17, 15) is 4.79 Å². The van der Waals surface area contributed by atoms with Gasteiger partial charge in [0.2, 0.25) is 0 Å². The van der Waals surface area contributed by atoms with Gasteiger partial charge in [-0.05, 0) is 42.9 Å². The van der Waals surface area contributed by atoms with Crippen molar-refractivity contribution in [2.45, 2.75) is 51.4 Å². The zero-order valence-electron chi connectivity index (χ0n) is 18.8. The number of likely N-dealkylation sites (N-methyl/N-ethyl adjacent to an activating group) is 1. The third-order valence-corrected chi connectivity index (χ3v) is 7.04. The Morgan fingerprint density at radius 2 is 1.58 bits per heavy atom. The number of nitrogens with zero attached hydrogens (tertiary/aromatic N) is 1. The third kappa shape index (κ3) is 5.46. The maximum Gasteiger partial charge on any atom is 0.335 e. The van der Waals surface area contributed by atoms with E-state index in [0.29, 0.717) is 12.5 Å². The van der Waals surface area contributed by atoms with Crippen molar-refractivity contribution in [3.05, 3.63) is 82.9 Å². The Bertz CT molecular complexity index is 829. The van der Waals surface area contributed by atoms with Crippen LogP contribution in [0.5, 0.6) is 0 Å². The molecule has 1 saturated carbocycles. The number of hydrogen-bond donors (Lipinski definition) is 0. The van der Waals surface area contributed by atoms with Crippen LogP contribution in [0.15, 0.2) is 71.8 Å². The molecule has 0 amide bonds. The Kier molecular flexibility index (Phi) is 7.58. The highest BCUT2D eigenvalue weighted by Crippen LogP contribution is 2.36. The Balaban J connectivity index is 1.54. The zero-order chi connectivity index (χ0) is 21.5. The van der Waals surface area contributed by atoms with Crippen LogP contribution in [0.4, 0.5) is 0 Å². The summed E-state index contributed by atoms with van der Waals surface area (Å²) in [5.41, 5.74) is 4.70. The molecule has 0 N–H and O–H groups in total. The first-order valence-corrected chi connectivity index (χ1v) is 12.0. The maximum absolute atomic E-state index is 13.4. The van der Waals surface area contributed by atoms with Gasteiger partial charge in [0, 0.05) is 19.0 Å². The highest BCUT2D eigenvalue weighted by Gasteiger charge is 2.30. The Labute approximate surface area is 187 Å². The molecule has 0 spiro atoms. The molecule has 0 atom stereocenters. The van der Waals surface area contributed by atoms with Crippen LogP contribution in [-0.2, 0) is 9.53 Å². The van der Waals surface area contributed by atoms with Gasteiger partial charge in [-0.1, -0.05) is 92.4 Å². The first-order valence-electron chi connectivity index (χ1n) is 12.0. The molecule has 1 heterocycles. The summed E-state index contributed by atoms with van der Waals surface area (Å²) in [6.07, 6.45) is 7.39. The number of rotatable bonds is 7. The summed E-state index contributed by atoms with van der Waals surface area (Å²) in [5.74, 6) is 0.529. The largest absolute Gasteiger partial charge is 0.461 e. The van der Waals surface area contributed by atoms with Crippen LogP contribution in [0.3, 0.4) is 0 Å². The average Bonchev–Trinajstić information content (AvgIpc) is 2.85. The van der Waals surface area contributed by atoms with E-state index in [0.717, 1.165) is 31.6 Å². The number of benzene rings is 2. The molecule has 1 fully saturated rings. The van der Waals surface area contributed by atoms with Crippen LogP contribution in [0, 0.1) is 5.92 Å². The predicted molar refractivity (Wildman–Crippen MR) is 126 cm³/mol. The smallest absolute Gasteiger partial charge is 0.335 e. The lowest BCUT2D eigenvalue weighted by Crippen LogP contribution is -2.36. The minimum atomic E-state index is -0.101. The summed E-state index contributed by atoms with van der Waals surface area (Å²) in [4.78, 5) is 15.7. The average molecular weight is 418 g/mol. The Morgan fingerprint density at radius 3 is 2.16 bits per heavy atom. The van der Waals surface area contributed by atoms with Gasteiger partial charge in [0.05, 0.1) is 5.57 Å². The first-order chi connectivity index (χ1) is 15.3. The molecule has 164 valence electrons. The van der Waals surface area contributed by atoms with Gasteiger partial charge < -0.3 is 4.74 Å². The van der Waals surface area contributed by atoms with E-state index < -0.39 is 0 Å². The second-order valence-corrected chi connectivity index (χ2v) is 8.93. The predicted octanol–water partition coefficient (Wildman–Crippen LogP) is 5.96. The topological polar surface area (TPSA) is 29.5 Å². The quantitative estimate of drug-likeness (QED) is 0.520.